The van der Waals surface area contributed by atoms with Gasteiger partial charge in [-0.1, -0.05) is 6.55 Å². The minimum Gasteiger partial charge on any atom is -0.364 e. The van der Waals surface area contributed by atoms with Crippen LogP contribution < -0.4 is 4.98 Å². The fraction of sp³-hybridized carbons (Fsp3) is 1.00. The smallest absolute Gasteiger partial charge is 0.233 e. The summed E-state index contributed by atoms with van der Waals surface area (Å²) in [5, 5.41) is 0. The Hall–Kier alpha value is 0.964. The molecule has 50 valence electrons. The summed E-state index contributed by atoms with van der Waals surface area (Å²) in [4.78, 5) is 3.12. The van der Waals surface area contributed by atoms with Crippen molar-refractivity contribution in [3.8, 4) is 0 Å². The van der Waals surface area contributed by atoms with Gasteiger partial charge in [-0.2, -0.15) is 0 Å². The highest BCUT2D eigenvalue weighted by Crippen LogP contribution is 1.76. The van der Waals surface area contributed by atoms with E-state index >= 15 is 0 Å². The molecule has 0 rings (SSSR count). The van der Waals surface area contributed by atoms with Gasteiger partial charge in [-0.05, 0) is 7.05 Å². The van der Waals surface area contributed by atoms with E-state index in [0.29, 0.717) is 19.7 Å². The predicted octanol–water partition coefficient (Wildman–Crippen LogP) is -2.29. The van der Waals surface area contributed by atoms with Crippen molar-refractivity contribution in [1.29, 1.82) is 0 Å². The van der Waals surface area contributed by atoms with Crippen LogP contribution in [-0.2, 0) is 0 Å². The van der Waals surface area contributed by atoms with Crippen molar-refractivity contribution in [2.24, 2.45) is 0 Å². The molecule has 10 heavy (non-hydrogen) atoms. The van der Waals surface area contributed by atoms with Crippen LogP contribution in [0, 0.1) is 0 Å². The maximum atomic E-state index is 3.33. The third kappa shape index (κ3) is 5.73. The summed E-state index contributed by atoms with van der Waals surface area (Å²) >= 11 is 0. The topological polar surface area (TPSA) is 18.5 Å². The van der Waals surface area contributed by atoms with Crippen molar-refractivity contribution in [3.05, 3.63) is 0 Å². The molecule has 0 fully saturated rings. The van der Waals surface area contributed by atoms with E-state index in [1.807, 2.05) is 10.9 Å². The summed E-state index contributed by atoms with van der Waals surface area (Å²) in [6.45, 7) is 2.17. The first-order valence-electron chi connectivity index (χ1n) is 2.59. The molecule has 0 aromatic rings. The Morgan fingerprint density at radius 1 is 1.40 bits per heavy atom. The van der Waals surface area contributed by atoms with Crippen molar-refractivity contribution in [2.45, 2.75) is 6.55 Å². The normalized spacial score (nSPS) is 11.4. The van der Waals surface area contributed by atoms with Crippen molar-refractivity contribution < 1.29 is 0 Å². The van der Waals surface area contributed by atoms with Crippen LogP contribution in [0.5, 0.6) is 0 Å². The van der Waals surface area contributed by atoms with Gasteiger partial charge in [0.15, 0.2) is 0 Å². The number of nitrogens with zero attached hydrogens (tertiary/aromatic N) is 2. The van der Waals surface area contributed by atoms with Gasteiger partial charge >= 0.3 is 0 Å². The maximum Gasteiger partial charge on any atom is 0.233 e. The van der Waals surface area contributed by atoms with E-state index in [4.69, 9.17) is 0 Å². The molecule has 12 radical (unpaired) electrons. The first-order valence-corrected chi connectivity index (χ1v) is 6.77. The molecule has 0 aliphatic heterocycles. The molecular formula is C2H7N3Si5. The minimum absolute atomic E-state index is 0.643. The average Bonchev–Trinajstić information content (AvgIpc) is 1.86. The summed E-state index contributed by atoms with van der Waals surface area (Å²) in [6, 6.07) is 0. The fourth-order valence-electron chi connectivity index (χ4n) is 0.343. The van der Waals surface area contributed by atoms with Crippen LogP contribution >= 0.6 is 0 Å². The SMILES string of the molecule is CN[Si]N([Si]C)[Si]N([Si])[Si]. The van der Waals surface area contributed by atoms with Crippen LogP contribution in [-0.4, -0.2) is 65.0 Å². The van der Waals surface area contributed by atoms with Gasteiger partial charge in [-0.15, -0.1) is 0 Å². The highest BCUT2D eigenvalue weighted by Gasteiger charge is 2.05. The molecule has 0 heterocycles. The molecule has 0 aliphatic carbocycles. The standard InChI is InChI=1S/C2H7N3Si5/c1-3-9-5(8-2)10-4(6)7/h3H,1-2H3. The lowest BCUT2D eigenvalue weighted by atomic mass is 11.6. The van der Waals surface area contributed by atoms with E-state index in [-0.39, 0.29) is 0 Å². The maximum absolute atomic E-state index is 3.33. The Kier molecular flexibility index (Phi) is 7.30. The second kappa shape index (κ2) is 6.66. The summed E-state index contributed by atoms with van der Waals surface area (Å²) in [7, 11) is 10.8. The Labute approximate surface area is 76.8 Å². The van der Waals surface area contributed by atoms with E-state index in [9.17, 15) is 0 Å². The van der Waals surface area contributed by atoms with Gasteiger partial charge in [0.2, 0.25) is 19.7 Å². The van der Waals surface area contributed by atoms with Crippen LogP contribution in [0.2, 0.25) is 6.55 Å². The molecule has 0 saturated carbocycles. The van der Waals surface area contributed by atoms with Gasteiger partial charge < -0.3 is 12.8 Å². The molecule has 3 nitrogen and oxygen atoms in total. The number of hydrogen-bond donors (Lipinski definition) is 1. The van der Waals surface area contributed by atoms with Crippen LogP contribution in [0.1, 0.15) is 0 Å². The fourth-order valence-corrected chi connectivity index (χ4v) is 4.88. The summed E-state index contributed by atoms with van der Waals surface area (Å²) in [5.74, 6) is 0. The lowest BCUT2D eigenvalue weighted by Gasteiger charge is -2.19. The Balaban J connectivity index is 3.39. The van der Waals surface area contributed by atoms with Gasteiger partial charge in [0.05, 0.1) is 0 Å². The van der Waals surface area contributed by atoms with Gasteiger partial charge in [-0.25, -0.2) is 0 Å². The molecule has 0 aliphatic rings. The Bertz CT molecular complexity index is 79.3. The summed E-state index contributed by atoms with van der Waals surface area (Å²) in [6.07, 6.45) is 0. The highest BCUT2D eigenvalue weighted by molar-refractivity contribution is 6.67. The van der Waals surface area contributed by atoms with Crippen LogP contribution in [0.4, 0.5) is 0 Å². The second-order valence-corrected chi connectivity index (χ2v) is 8.09. The summed E-state index contributed by atoms with van der Waals surface area (Å²) in [5.41, 5.74) is 0. The van der Waals surface area contributed by atoms with E-state index in [2.05, 4.69) is 36.2 Å². The molecule has 0 bridgehead atoms. The zero-order valence-corrected chi connectivity index (χ0v) is 10.9. The van der Waals surface area contributed by atoms with Gasteiger partial charge in [-0.3, -0.25) is 0 Å². The lowest BCUT2D eigenvalue weighted by Crippen LogP contribution is -2.46. The van der Waals surface area contributed by atoms with E-state index in [1.54, 1.807) is 0 Å². The highest BCUT2D eigenvalue weighted by atomic mass is 28.4. The summed E-state index contributed by atoms with van der Waals surface area (Å²) < 4.78 is 4.13. The average molecular weight is 214 g/mol. The van der Waals surface area contributed by atoms with Crippen molar-refractivity contribution in [3.63, 3.8) is 0 Å². The Morgan fingerprint density at radius 2 is 2.00 bits per heavy atom. The van der Waals surface area contributed by atoms with Crippen molar-refractivity contribution in [2.75, 3.05) is 7.05 Å². The van der Waals surface area contributed by atoms with Crippen LogP contribution in [0.3, 0.4) is 0 Å². The third-order valence-corrected chi connectivity index (χ3v) is 5.15. The largest absolute Gasteiger partial charge is 0.364 e. The Morgan fingerprint density at radius 3 is 2.30 bits per heavy atom. The zero-order chi connectivity index (χ0) is 7.98. The molecule has 0 aromatic heterocycles. The van der Waals surface area contributed by atoms with E-state index < -0.39 is 0 Å². The molecule has 1 N–H and O–H groups in total. The molecule has 0 spiro atoms. The molecule has 0 aromatic carbocycles. The molecule has 0 unspecified atom stereocenters. The minimum atomic E-state index is 0.643. The van der Waals surface area contributed by atoms with Crippen molar-refractivity contribution in [1.82, 2.24) is 12.8 Å². The van der Waals surface area contributed by atoms with Crippen molar-refractivity contribution >= 4 is 50.2 Å². The molecule has 0 saturated heterocycles. The first kappa shape index (κ1) is 11.0. The van der Waals surface area contributed by atoms with Gasteiger partial charge in [0, 0.05) is 0 Å². The predicted molar refractivity (Wildman–Crippen MR) is 47.4 cm³/mol. The second-order valence-electron chi connectivity index (χ2n) is 1.36. The number of hydrogen-bond acceptors (Lipinski definition) is 3. The third-order valence-electron chi connectivity index (χ3n) is 0.647. The molecular weight excluding hydrogens is 206 g/mol. The number of rotatable bonds is 5. The molecule has 0 atom stereocenters. The first-order chi connectivity index (χ1) is 4.70. The quantitative estimate of drug-likeness (QED) is 0.519. The molecule has 8 heteroatoms. The van der Waals surface area contributed by atoms with Crippen LogP contribution in [0.25, 0.3) is 0 Å². The number of nitrogens with one attached hydrogen (secondary N) is 1. The van der Waals surface area contributed by atoms with E-state index in [1.165, 1.54) is 0 Å². The van der Waals surface area contributed by atoms with Gasteiger partial charge in [0.25, 0.3) is 0 Å². The zero-order valence-electron chi connectivity index (χ0n) is 5.89. The van der Waals surface area contributed by atoms with Gasteiger partial charge in [0.1, 0.15) is 30.5 Å². The lowest BCUT2D eigenvalue weighted by molar-refractivity contribution is 0.941. The monoisotopic (exact) mass is 213 g/mol. The molecule has 0 amide bonds. The van der Waals surface area contributed by atoms with Crippen LogP contribution in [0.15, 0.2) is 0 Å². The van der Waals surface area contributed by atoms with E-state index in [0.717, 1.165) is 9.68 Å².